The van der Waals surface area contributed by atoms with Crippen LogP contribution in [-0.4, -0.2) is 19.8 Å². The van der Waals surface area contributed by atoms with E-state index < -0.39 is 12.0 Å². The van der Waals surface area contributed by atoms with E-state index >= 15 is 0 Å². The predicted octanol–water partition coefficient (Wildman–Crippen LogP) is 3.45. The molecule has 3 rings (SSSR count). The molecule has 0 amide bonds. The molecular weight excluding hydrogens is 295 g/mol. The van der Waals surface area contributed by atoms with Crippen LogP contribution in [-0.2, 0) is 12.6 Å². The van der Waals surface area contributed by atoms with Crippen molar-refractivity contribution in [2.45, 2.75) is 19.5 Å². The number of rotatable bonds is 3. The van der Waals surface area contributed by atoms with Crippen molar-refractivity contribution < 1.29 is 13.2 Å². The molecule has 8 heteroatoms. The molecule has 3 aromatic rings. The minimum Gasteiger partial charge on any atom is -0.339 e. The van der Waals surface area contributed by atoms with E-state index in [-0.39, 0.29) is 11.5 Å². The fourth-order valence-electron chi connectivity index (χ4n) is 2.00. The highest BCUT2D eigenvalue weighted by Crippen LogP contribution is 2.27. The minimum atomic E-state index is -4.60. The van der Waals surface area contributed by atoms with Crippen molar-refractivity contribution in [2.24, 2.45) is 0 Å². The Morgan fingerprint density at radius 1 is 1.05 bits per heavy atom. The second-order valence-corrected chi connectivity index (χ2v) is 4.69. The summed E-state index contributed by atoms with van der Waals surface area (Å²) in [4.78, 5) is 0. The SMILES string of the molecule is CCc1ccc(Nc2ccc3nnc(C(F)(F)F)n3n2)cc1. The molecule has 2 heterocycles. The average Bonchev–Trinajstić information content (AvgIpc) is 2.91. The smallest absolute Gasteiger partial charge is 0.339 e. The number of nitrogens with zero attached hydrogens (tertiary/aromatic N) is 4. The predicted molar refractivity (Wildman–Crippen MR) is 74.9 cm³/mol. The van der Waals surface area contributed by atoms with Crippen LogP contribution < -0.4 is 5.32 Å². The van der Waals surface area contributed by atoms with E-state index in [1.165, 1.54) is 11.6 Å². The molecule has 0 saturated carbocycles. The Kier molecular flexibility index (Phi) is 3.44. The summed E-state index contributed by atoms with van der Waals surface area (Å²) in [5.74, 6) is -0.866. The molecule has 1 N–H and O–H groups in total. The van der Waals surface area contributed by atoms with E-state index in [1.807, 2.05) is 31.2 Å². The second-order valence-electron chi connectivity index (χ2n) is 4.69. The van der Waals surface area contributed by atoms with Gasteiger partial charge in [-0.15, -0.1) is 15.3 Å². The van der Waals surface area contributed by atoms with E-state index in [1.54, 1.807) is 6.07 Å². The molecule has 0 fully saturated rings. The summed E-state index contributed by atoms with van der Waals surface area (Å²) in [6.45, 7) is 2.04. The maximum atomic E-state index is 12.8. The van der Waals surface area contributed by atoms with E-state index in [0.717, 1.165) is 12.1 Å². The third kappa shape index (κ3) is 2.72. The molecule has 22 heavy (non-hydrogen) atoms. The maximum absolute atomic E-state index is 12.8. The zero-order valence-corrected chi connectivity index (χ0v) is 11.6. The summed E-state index contributed by atoms with van der Waals surface area (Å²) >= 11 is 0. The van der Waals surface area contributed by atoms with Gasteiger partial charge in [0.1, 0.15) is 0 Å². The third-order valence-corrected chi connectivity index (χ3v) is 3.15. The van der Waals surface area contributed by atoms with Crippen molar-refractivity contribution in [3.63, 3.8) is 0 Å². The molecule has 0 bridgehead atoms. The van der Waals surface area contributed by atoms with Crippen LogP contribution in [0.25, 0.3) is 5.65 Å². The quantitative estimate of drug-likeness (QED) is 0.805. The van der Waals surface area contributed by atoms with Gasteiger partial charge < -0.3 is 5.32 Å². The number of hydrogen-bond donors (Lipinski definition) is 1. The summed E-state index contributed by atoms with van der Waals surface area (Å²) in [6.07, 6.45) is -3.69. The second kappa shape index (κ2) is 5.28. The minimum absolute atomic E-state index is 0.0409. The van der Waals surface area contributed by atoms with Gasteiger partial charge in [-0.2, -0.15) is 17.7 Å². The van der Waals surface area contributed by atoms with Crippen molar-refractivity contribution in [3.05, 3.63) is 47.8 Å². The van der Waals surface area contributed by atoms with Crippen LogP contribution in [0.2, 0.25) is 0 Å². The van der Waals surface area contributed by atoms with Crippen LogP contribution in [0.1, 0.15) is 18.3 Å². The van der Waals surface area contributed by atoms with Crippen molar-refractivity contribution >= 4 is 17.2 Å². The van der Waals surface area contributed by atoms with Gasteiger partial charge in [0.05, 0.1) is 0 Å². The molecule has 0 aliphatic rings. The normalized spacial score (nSPS) is 11.8. The monoisotopic (exact) mass is 307 g/mol. The first kappa shape index (κ1) is 14.3. The highest BCUT2D eigenvalue weighted by Gasteiger charge is 2.37. The zero-order chi connectivity index (χ0) is 15.7. The fourth-order valence-corrected chi connectivity index (χ4v) is 2.00. The lowest BCUT2D eigenvalue weighted by Crippen LogP contribution is -2.13. The van der Waals surface area contributed by atoms with Gasteiger partial charge >= 0.3 is 6.18 Å². The molecule has 5 nitrogen and oxygen atoms in total. The molecule has 114 valence electrons. The van der Waals surface area contributed by atoms with Crippen LogP contribution in [0.15, 0.2) is 36.4 Å². The molecule has 0 unspecified atom stereocenters. The lowest BCUT2D eigenvalue weighted by molar-refractivity contribution is -0.146. The Balaban J connectivity index is 1.93. The van der Waals surface area contributed by atoms with Crippen LogP contribution in [0.5, 0.6) is 0 Å². The molecule has 0 saturated heterocycles. The third-order valence-electron chi connectivity index (χ3n) is 3.15. The highest BCUT2D eigenvalue weighted by atomic mass is 19.4. The molecule has 0 spiro atoms. The van der Waals surface area contributed by atoms with Crippen molar-refractivity contribution in [1.29, 1.82) is 0 Å². The van der Waals surface area contributed by atoms with Gasteiger partial charge in [-0.1, -0.05) is 19.1 Å². The van der Waals surface area contributed by atoms with Gasteiger partial charge in [-0.3, -0.25) is 0 Å². The summed E-state index contributed by atoms with van der Waals surface area (Å²) in [7, 11) is 0. The van der Waals surface area contributed by atoms with Gasteiger partial charge in [0.2, 0.25) is 0 Å². The Labute approximate surface area is 123 Å². The number of alkyl halides is 3. The summed E-state index contributed by atoms with van der Waals surface area (Å²) in [5.41, 5.74) is 1.96. The summed E-state index contributed by atoms with van der Waals surface area (Å²) < 4.78 is 39.1. The van der Waals surface area contributed by atoms with Gasteiger partial charge in [0.15, 0.2) is 11.5 Å². The van der Waals surface area contributed by atoms with E-state index in [2.05, 4.69) is 20.6 Å². The highest BCUT2D eigenvalue weighted by molar-refractivity contribution is 5.57. The molecule has 0 aliphatic carbocycles. The molecule has 0 aliphatic heterocycles. The number of aromatic nitrogens is 4. The molecule has 1 aromatic carbocycles. The molecule has 0 radical (unpaired) electrons. The summed E-state index contributed by atoms with van der Waals surface area (Å²) in [5, 5.41) is 13.5. The average molecular weight is 307 g/mol. The van der Waals surface area contributed by atoms with Crippen LogP contribution in [0, 0.1) is 0 Å². The number of fused-ring (bicyclic) bond motifs is 1. The first-order valence-electron chi connectivity index (χ1n) is 6.63. The number of nitrogens with one attached hydrogen (secondary N) is 1. The van der Waals surface area contributed by atoms with E-state index in [0.29, 0.717) is 4.52 Å². The van der Waals surface area contributed by atoms with Gasteiger partial charge in [-0.25, -0.2) is 0 Å². The zero-order valence-electron chi connectivity index (χ0n) is 11.6. The lowest BCUT2D eigenvalue weighted by atomic mass is 10.1. The van der Waals surface area contributed by atoms with Gasteiger partial charge in [0, 0.05) is 5.69 Å². The van der Waals surface area contributed by atoms with Crippen LogP contribution >= 0.6 is 0 Å². The number of benzene rings is 1. The number of halogens is 3. The van der Waals surface area contributed by atoms with E-state index in [9.17, 15) is 13.2 Å². The Bertz CT molecular complexity index is 792. The number of aryl methyl sites for hydroxylation is 1. The van der Waals surface area contributed by atoms with E-state index in [4.69, 9.17) is 0 Å². The van der Waals surface area contributed by atoms with Crippen molar-refractivity contribution in [1.82, 2.24) is 19.8 Å². The molecule has 2 aromatic heterocycles. The first-order chi connectivity index (χ1) is 10.5. The number of hydrogen-bond acceptors (Lipinski definition) is 4. The lowest BCUT2D eigenvalue weighted by Gasteiger charge is -2.08. The summed E-state index contributed by atoms with van der Waals surface area (Å²) in [6, 6.07) is 10.6. The van der Waals surface area contributed by atoms with Crippen LogP contribution in [0.4, 0.5) is 24.7 Å². The fraction of sp³-hybridized carbons (Fsp3) is 0.214. The standard InChI is InChI=1S/C14H12F3N5/c1-2-9-3-5-10(6-4-9)18-11-7-8-12-19-20-13(14(15,16)17)22(12)21-11/h3-8H,2H2,1H3,(H,18,21). The molecule has 0 atom stereocenters. The number of anilines is 2. The maximum Gasteiger partial charge on any atom is 0.453 e. The van der Waals surface area contributed by atoms with Crippen molar-refractivity contribution in [3.8, 4) is 0 Å². The van der Waals surface area contributed by atoms with Gasteiger partial charge in [-0.05, 0) is 36.2 Å². The molecular formula is C14H12F3N5. The van der Waals surface area contributed by atoms with Gasteiger partial charge in [0.25, 0.3) is 5.82 Å². The largest absolute Gasteiger partial charge is 0.453 e. The topological polar surface area (TPSA) is 55.1 Å². The van der Waals surface area contributed by atoms with Crippen LogP contribution in [0.3, 0.4) is 0 Å². The first-order valence-corrected chi connectivity index (χ1v) is 6.63. The van der Waals surface area contributed by atoms with Crippen molar-refractivity contribution in [2.75, 3.05) is 5.32 Å². The Morgan fingerprint density at radius 2 is 1.77 bits per heavy atom. The Morgan fingerprint density at radius 3 is 2.41 bits per heavy atom. The Hall–Kier alpha value is -2.64.